The van der Waals surface area contributed by atoms with E-state index in [0.29, 0.717) is 23.7 Å². The quantitative estimate of drug-likeness (QED) is 0.753. The lowest BCUT2D eigenvalue weighted by Gasteiger charge is -2.13. The number of benzene rings is 2. The zero-order chi connectivity index (χ0) is 14.5. The van der Waals surface area contributed by atoms with Crippen molar-refractivity contribution in [2.75, 3.05) is 7.11 Å². The second-order valence-corrected chi connectivity index (χ2v) is 5.54. The summed E-state index contributed by atoms with van der Waals surface area (Å²) in [6.07, 6.45) is 0. The van der Waals surface area contributed by atoms with Crippen LogP contribution in [0.25, 0.3) is 0 Å². The molecule has 3 nitrogen and oxygen atoms in total. The molecule has 0 amide bonds. The highest BCUT2D eigenvalue weighted by Crippen LogP contribution is 2.34. The zero-order valence-corrected chi connectivity index (χ0v) is 13.5. The standard InChI is InChI=1S/C16H14INO2/c1-11-4-3-5-12(6-11)10-20-16-14(17)7-13(9-18)8-15(16)19-2/h3-8H,10H2,1-2H3. The van der Waals surface area contributed by atoms with Crippen molar-refractivity contribution in [2.45, 2.75) is 13.5 Å². The van der Waals surface area contributed by atoms with E-state index in [-0.39, 0.29) is 0 Å². The molecule has 2 aromatic carbocycles. The van der Waals surface area contributed by atoms with Crippen LogP contribution < -0.4 is 9.47 Å². The molecule has 102 valence electrons. The maximum absolute atomic E-state index is 8.96. The third-order valence-corrected chi connectivity index (χ3v) is 3.63. The van der Waals surface area contributed by atoms with Gasteiger partial charge in [0.1, 0.15) is 6.61 Å². The molecule has 0 N–H and O–H groups in total. The van der Waals surface area contributed by atoms with Gasteiger partial charge in [0.25, 0.3) is 0 Å². The van der Waals surface area contributed by atoms with Gasteiger partial charge in [-0.15, -0.1) is 0 Å². The van der Waals surface area contributed by atoms with Gasteiger partial charge in [0.15, 0.2) is 11.5 Å². The van der Waals surface area contributed by atoms with Crippen molar-refractivity contribution in [3.63, 3.8) is 0 Å². The smallest absolute Gasteiger partial charge is 0.175 e. The summed E-state index contributed by atoms with van der Waals surface area (Å²) in [5, 5.41) is 8.96. The molecule has 0 heterocycles. The number of ether oxygens (including phenoxy) is 2. The molecule has 0 bridgehead atoms. The molecule has 2 aromatic rings. The fourth-order valence-electron chi connectivity index (χ4n) is 1.88. The molecule has 0 aliphatic rings. The number of aryl methyl sites for hydroxylation is 1. The van der Waals surface area contributed by atoms with Crippen molar-refractivity contribution in [3.05, 3.63) is 56.7 Å². The van der Waals surface area contributed by atoms with Crippen LogP contribution in [0.3, 0.4) is 0 Å². The fraction of sp³-hybridized carbons (Fsp3) is 0.188. The molecular formula is C16H14INO2. The van der Waals surface area contributed by atoms with Gasteiger partial charge in [0.05, 0.1) is 22.3 Å². The number of methoxy groups -OCH3 is 1. The van der Waals surface area contributed by atoms with Crippen LogP contribution in [0.5, 0.6) is 11.5 Å². The number of nitrogens with zero attached hydrogens (tertiary/aromatic N) is 1. The van der Waals surface area contributed by atoms with Crippen molar-refractivity contribution < 1.29 is 9.47 Å². The first kappa shape index (κ1) is 14.7. The Morgan fingerprint density at radius 2 is 2.05 bits per heavy atom. The fourth-order valence-corrected chi connectivity index (χ4v) is 2.64. The molecular weight excluding hydrogens is 365 g/mol. The van der Waals surface area contributed by atoms with Crippen LogP contribution in [0.1, 0.15) is 16.7 Å². The first-order valence-electron chi connectivity index (χ1n) is 6.10. The van der Waals surface area contributed by atoms with Crippen molar-refractivity contribution >= 4 is 22.6 Å². The SMILES string of the molecule is COc1cc(C#N)cc(I)c1OCc1cccc(C)c1. The monoisotopic (exact) mass is 379 g/mol. The van der Waals surface area contributed by atoms with Gasteiger partial charge in [0.2, 0.25) is 0 Å². The normalized spacial score (nSPS) is 9.90. The minimum Gasteiger partial charge on any atom is -0.493 e. The average Bonchev–Trinajstić information content (AvgIpc) is 2.45. The van der Waals surface area contributed by atoms with Crippen molar-refractivity contribution in [3.8, 4) is 17.6 Å². The number of nitriles is 1. The number of hydrogen-bond donors (Lipinski definition) is 0. The van der Waals surface area contributed by atoms with Gasteiger partial charge in [-0.25, -0.2) is 0 Å². The molecule has 0 unspecified atom stereocenters. The number of halogens is 1. The van der Waals surface area contributed by atoms with Gasteiger partial charge in [-0.2, -0.15) is 5.26 Å². The predicted molar refractivity (Wildman–Crippen MR) is 85.9 cm³/mol. The predicted octanol–water partition coefficient (Wildman–Crippen LogP) is 4.06. The summed E-state index contributed by atoms with van der Waals surface area (Å²) in [5.74, 6) is 1.26. The Balaban J connectivity index is 2.23. The second-order valence-electron chi connectivity index (χ2n) is 4.38. The summed E-state index contributed by atoms with van der Waals surface area (Å²) < 4.78 is 12.0. The molecule has 20 heavy (non-hydrogen) atoms. The van der Waals surface area contributed by atoms with Crippen LogP contribution >= 0.6 is 22.6 Å². The molecule has 0 atom stereocenters. The first-order chi connectivity index (χ1) is 9.63. The molecule has 0 fully saturated rings. The molecule has 0 spiro atoms. The summed E-state index contributed by atoms with van der Waals surface area (Å²) in [5.41, 5.74) is 2.87. The Bertz CT molecular complexity index is 662. The van der Waals surface area contributed by atoms with Gasteiger partial charge in [0, 0.05) is 6.07 Å². The van der Waals surface area contributed by atoms with Crippen LogP contribution in [0.15, 0.2) is 36.4 Å². The molecule has 0 aromatic heterocycles. The van der Waals surface area contributed by atoms with E-state index < -0.39 is 0 Å². The largest absolute Gasteiger partial charge is 0.493 e. The van der Waals surface area contributed by atoms with E-state index in [1.807, 2.05) is 12.1 Å². The second kappa shape index (κ2) is 6.62. The third kappa shape index (κ3) is 3.42. The zero-order valence-electron chi connectivity index (χ0n) is 11.3. The molecule has 0 saturated heterocycles. The van der Waals surface area contributed by atoms with Crippen LogP contribution in [-0.4, -0.2) is 7.11 Å². The van der Waals surface area contributed by atoms with E-state index in [4.69, 9.17) is 14.7 Å². The van der Waals surface area contributed by atoms with E-state index in [0.717, 1.165) is 9.13 Å². The Morgan fingerprint density at radius 3 is 2.70 bits per heavy atom. The van der Waals surface area contributed by atoms with E-state index in [1.54, 1.807) is 19.2 Å². The number of hydrogen-bond acceptors (Lipinski definition) is 3. The first-order valence-corrected chi connectivity index (χ1v) is 7.18. The lowest BCUT2D eigenvalue weighted by Crippen LogP contribution is -2.00. The number of rotatable bonds is 4. The van der Waals surface area contributed by atoms with Gasteiger partial charge in [-0.1, -0.05) is 29.8 Å². The summed E-state index contributed by atoms with van der Waals surface area (Å²) in [6, 6.07) is 13.8. The van der Waals surface area contributed by atoms with E-state index in [9.17, 15) is 0 Å². The highest BCUT2D eigenvalue weighted by molar-refractivity contribution is 14.1. The summed E-state index contributed by atoms with van der Waals surface area (Å²) in [4.78, 5) is 0. The van der Waals surface area contributed by atoms with Gasteiger partial charge in [-0.05, 0) is 41.1 Å². The Kier molecular flexibility index (Phi) is 4.85. The molecule has 4 heteroatoms. The Hall–Kier alpha value is -1.74. The minimum absolute atomic E-state index is 0.472. The van der Waals surface area contributed by atoms with Gasteiger partial charge >= 0.3 is 0 Å². The summed E-state index contributed by atoms with van der Waals surface area (Å²) >= 11 is 2.15. The summed E-state index contributed by atoms with van der Waals surface area (Å²) in [6.45, 7) is 2.52. The molecule has 0 aliphatic carbocycles. The molecule has 0 aliphatic heterocycles. The Morgan fingerprint density at radius 1 is 1.25 bits per heavy atom. The van der Waals surface area contributed by atoms with Crippen LogP contribution in [0.2, 0.25) is 0 Å². The highest BCUT2D eigenvalue weighted by atomic mass is 127. The van der Waals surface area contributed by atoms with Gasteiger partial charge < -0.3 is 9.47 Å². The van der Waals surface area contributed by atoms with E-state index >= 15 is 0 Å². The van der Waals surface area contributed by atoms with Crippen LogP contribution in [0.4, 0.5) is 0 Å². The van der Waals surface area contributed by atoms with Gasteiger partial charge in [-0.3, -0.25) is 0 Å². The lowest BCUT2D eigenvalue weighted by molar-refractivity contribution is 0.282. The molecule has 0 radical (unpaired) electrons. The third-order valence-electron chi connectivity index (χ3n) is 2.82. The van der Waals surface area contributed by atoms with E-state index in [1.165, 1.54) is 5.56 Å². The van der Waals surface area contributed by atoms with Crippen molar-refractivity contribution in [2.24, 2.45) is 0 Å². The maximum atomic E-state index is 8.96. The lowest BCUT2D eigenvalue weighted by atomic mass is 10.1. The molecule has 0 saturated carbocycles. The van der Waals surface area contributed by atoms with Crippen LogP contribution in [-0.2, 0) is 6.61 Å². The minimum atomic E-state index is 0.472. The van der Waals surface area contributed by atoms with Crippen molar-refractivity contribution in [1.29, 1.82) is 5.26 Å². The summed E-state index contributed by atoms with van der Waals surface area (Å²) in [7, 11) is 1.58. The highest BCUT2D eigenvalue weighted by Gasteiger charge is 2.11. The Labute approximate surface area is 132 Å². The topological polar surface area (TPSA) is 42.2 Å². The average molecular weight is 379 g/mol. The van der Waals surface area contributed by atoms with Crippen molar-refractivity contribution in [1.82, 2.24) is 0 Å². The van der Waals surface area contributed by atoms with Crippen LogP contribution in [0, 0.1) is 21.8 Å². The maximum Gasteiger partial charge on any atom is 0.175 e. The molecule has 2 rings (SSSR count). The van der Waals surface area contributed by atoms with E-state index in [2.05, 4.69) is 47.7 Å².